The van der Waals surface area contributed by atoms with Gasteiger partial charge in [0.25, 0.3) is 5.56 Å². The van der Waals surface area contributed by atoms with Crippen molar-refractivity contribution < 1.29 is 14.3 Å². The lowest BCUT2D eigenvalue weighted by molar-refractivity contribution is -0.141. The number of fused-ring (bicyclic) bond motifs is 3. The minimum absolute atomic E-state index is 0.204. The molecule has 3 aromatic rings. The van der Waals surface area contributed by atoms with Gasteiger partial charge in [-0.2, -0.15) is 0 Å². The average molecular weight is 453 g/mol. The lowest BCUT2D eigenvalue weighted by Gasteiger charge is -2.33. The second kappa shape index (κ2) is 8.62. The number of carbonyl (C=O) groups excluding carboxylic acids is 2. The molecule has 1 aliphatic carbocycles. The van der Waals surface area contributed by atoms with E-state index < -0.39 is 12.0 Å². The van der Waals surface area contributed by atoms with Crippen LogP contribution in [0.1, 0.15) is 60.5 Å². The molecule has 0 bridgehead atoms. The van der Waals surface area contributed by atoms with Crippen LogP contribution in [0.4, 0.5) is 0 Å². The molecule has 32 heavy (non-hydrogen) atoms. The predicted octanol–water partition coefficient (Wildman–Crippen LogP) is 4.60. The molecule has 0 fully saturated rings. The van der Waals surface area contributed by atoms with E-state index in [4.69, 9.17) is 4.74 Å². The number of esters is 1. The molecule has 2 atom stereocenters. The standard InChI is InChI=1S/C25H28N2O4S/c1-25(2,3)16-10-11-17-19(12-16)32-23-21(17)24(30)27(14-26-23)18(13-20(28)31-4)22(29)15-8-6-5-7-9-15/h5-9,14,16,18H,10-13H2,1-4H3. The summed E-state index contributed by atoms with van der Waals surface area (Å²) in [6, 6.07) is 7.69. The normalized spacial score (nSPS) is 17.1. The van der Waals surface area contributed by atoms with Crippen LogP contribution in [-0.2, 0) is 22.4 Å². The second-order valence-electron chi connectivity index (χ2n) is 9.47. The number of ether oxygens (including phenoxy) is 1. The van der Waals surface area contributed by atoms with Gasteiger partial charge in [0.15, 0.2) is 5.78 Å². The van der Waals surface area contributed by atoms with Gasteiger partial charge in [-0.1, -0.05) is 51.1 Å². The van der Waals surface area contributed by atoms with Gasteiger partial charge in [0.2, 0.25) is 0 Å². The van der Waals surface area contributed by atoms with Crippen LogP contribution in [0.3, 0.4) is 0 Å². The third kappa shape index (κ3) is 4.13. The number of hydrogen-bond donors (Lipinski definition) is 0. The Morgan fingerprint density at radius 3 is 2.62 bits per heavy atom. The molecule has 7 heteroatoms. The van der Waals surface area contributed by atoms with E-state index in [0.717, 1.165) is 24.8 Å². The number of nitrogens with zero attached hydrogens (tertiary/aromatic N) is 2. The molecular weight excluding hydrogens is 424 g/mol. The van der Waals surface area contributed by atoms with Crippen molar-refractivity contribution >= 4 is 33.3 Å². The first-order valence-electron chi connectivity index (χ1n) is 10.9. The van der Waals surface area contributed by atoms with E-state index in [1.807, 2.05) is 6.07 Å². The maximum Gasteiger partial charge on any atom is 0.308 e. The molecule has 2 unspecified atom stereocenters. The van der Waals surface area contributed by atoms with Gasteiger partial charge < -0.3 is 4.74 Å². The summed E-state index contributed by atoms with van der Waals surface area (Å²) in [5.74, 6) is -0.306. The van der Waals surface area contributed by atoms with Crippen molar-refractivity contribution in [1.82, 2.24) is 9.55 Å². The number of carbonyl (C=O) groups is 2. The van der Waals surface area contributed by atoms with Gasteiger partial charge in [-0.15, -0.1) is 11.3 Å². The first-order valence-corrected chi connectivity index (χ1v) is 11.7. The number of Topliss-reactive ketones (excluding diaryl/α,β-unsaturated/α-hetero) is 1. The maximum atomic E-state index is 13.6. The molecule has 1 aromatic carbocycles. The summed E-state index contributed by atoms with van der Waals surface area (Å²) in [4.78, 5) is 45.5. The van der Waals surface area contributed by atoms with Crippen molar-refractivity contribution in [2.75, 3.05) is 7.11 Å². The van der Waals surface area contributed by atoms with Gasteiger partial charge in [-0.3, -0.25) is 19.0 Å². The zero-order valence-electron chi connectivity index (χ0n) is 18.9. The third-order valence-electron chi connectivity index (χ3n) is 6.50. The van der Waals surface area contributed by atoms with Crippen LogP contribution in [0.15, 0.2) is 41.5 Å². The lowest BCUT2D eigenvalue weighted by Crippen LogP contribution is -2.32. The zero-order chi connectivity index (χ0) is 23.0. The van der Waals surface area contributed by atoms with Crippen LogP contribution >= 0.6 is 11.3 Å². The van der Waals surface area contributed by atoms with E-state index >= 15 is 0 Å². The highest BCUT2D eigenvalue weighted by atomic mass is 32.1. The Kier molecular flexibility index (Phi) is 6.03. The van der Waals surface area contributed by atoms with E-state index in [-0.39, 0.29) is 23.2 Å². The molecule has 0 amide bonds. The van der Waals surface area contributed by atoms with E-state index in [9.17, 15) is 14.4 Å². The van der Waals surface area contributed by atoms with Crippen molar-refractivity contribution in [3.05, 3.63) is 63.0 Å². The van der Waals surface area contributed by atoms with Crippen molar-refractivity contribution in [3.8, 4) is 0 Å². The maximum absolute atomic E-state index is 13.6. The Hall–Kier alpha value is -2.80. The van der Waals surface area contributed by atoms with Gasteiger partial charge in [0, 0.05) is 10.4 Å². The molecule has 4 rings (SSSR count). The number of aryl methyl sites for hydroxylation is 1. The van der Waals surface area contributed by atoms with E-state index in [1.54, 1.807) is 35.6 Å². The van der Waals surface area contributed by atoms with Crippen LogP contribution in [0.5, 0.6) is 0 Å². The largest absolute Gasteiger partial charge is 0.469 e. The van der Waals surface area contributed by atoms with E-state index in [2.05, 4.69) is 25.8 Å². The fourth-order valence-electron chi connectivity index (χ4n) is 4.49. The minimum Gasteiger partial charge on any atom is -0.469 e. The number of thiophene rings is 1. The van der Waals surface area contributed by atoms with Crippen molar-refractivity contribution in [3.63, 3.8) is 0 Å². The lowest BCUT2D eigenvalue weighted by atomic mass is 9.72. The van der Waals surface area contributed by atoms with Gasteiger partial charge in [0.05, 0.1) is 25.2 Å². The van der Waals surface area contributed by atoms with E-state index in [0.29, 0.717) is 21.7 Å². The molecule has 168 valence electrons. The van der Waals surface area contributed by atoms with Crippen LogP contribution in [-0.4, -0.2) is 28.4 Å². The Morgan fingerprint density at radius 2 is 1.97 bits per heavy atom. The molecule has 6 nitrogen and oxygen atoms in total. The number of aromatic nitrogens is 2. The number of rotatable bonds is 5. The fraction of sp³-hybridized carbons (Fsp3) is 0.440. The summed E-state index contributed by atoms with van der Waals surface area (Å²) in [6.07, 6.45) is 3.96. The SMILES string of the molecule is COC(=O)CC(C(=O)c1ccccc1)n1cnc2sc3c(c2c1=O)CCC(C(C)(C)C)C3. The van der Waals surface area contributed by atoms with Crippen LogP contribution in [0, 0.1) is 11.3 Å². The number of methoxy groups -OCH3 is 1. The minimum atomic E-state index is -1.00. The number of hydrogen-bond acceptors (Lipinski definition) is 6. The highest BCUT2D eigenvalue weighted by Crippen LogP contribution is 2.42. The van der Waals surface area contributed by atoms with Crippen LogP contribution < -0.4 is 5.56 Å². The van der Waals surface area contributed by atoms with Crippen molar-refractivity contribution in [2.45, 2.75) is 52.5 Å². The van der Waals surface area contributed by atoms with Crippen LogP contribution in [0.2, 0.25) is 0 Å². The summed E-state index contributed by atoms with van der Waals surface area (Å²) < 4.78 is 6.13. The molecule has 0 N–H and O–H groups in total. The second-order valence-corrected chi connectivity index (χ2v) is 10.6. The van der Waals surface area contributed by atoms with Crippen LogP contribution in [0.25, 0.3) is 10.2 Å². The summed E-state index contributed by atoms with van der Waals surface area (Å²) in [5, 5.41) is 0.593. The predicted molar refractivity (Wildman–Crippen MR) is 125 cm³/mol. The number of benzene rings is 1. The molecule has 0 radical (unpaired) electrons. The van der Waals surface area contributed by atoms with Gasteiger partial charge in [-0.05, 0) is 36.2 Å². The Bertz CT molecular complexity index is 1220. The summed E-state index contributed by atoms with van der Waals surface area (Å²) in [7, 11) is 1.28. The summed E-state index contributed by atoms with van der Waals surface area (Å²) >= 11 is 1.58. The average Bonchev–Trinajstić information content (AvgIpc) is 3.16. The number of ketones is 1. The van der Waals surface area contributed by atoms with Crippen molar-refractivity contribution in [2.24, 2.45) is 11.3 Å². The zero-order valence-corrected chi connectivity index (χ0v) is 19.7. The molecule has 0 spiro atoms. The Labute approximate surface area is 191 Å². The monoisotopic (exact) mass is 452 g/mol. The smallest absolute Gasteiger partial charge is 0.308 e. The molecular formula is C25H28N2O4S. The molecule has 1 aliphatic rings. The Morgan fingerprint density at radius 1 is 1.25 bits per heavy atom. The topological polar surface area (TPSA) is 78.3 Å². The molecule has 0 saturated heterocycles. The quantitative estimate of drug-likeness (QED) is 0.418. The first kappa shape index (κ1) is 22.4. The summed E-state index contributed by atoms with van der Waals surface area (Å²) in [6.45, 7) is 6.77. The van der Waals surface area contributed by atoms with Gasteiger partial charge >= 0.3 is 5.97 Å². The van der Waals surface area contributed by atoms with Gasteiger partial charge in [-0.25, -0.2) is 4.98 Å². The fourth-order valence-corrected chi connectivity index (χ4v) is 5.75. The molecule has 0 saturated carbocycles. The van der Waals surface area contributed by atoms with Crippen molar-refractivity contribution in [1.29, 1.82) is 0 Å². The molecule has 0 aliphatic heterocycles. The third-order valence-corrected chi connectivity index (χ3v) is 7.67. The first-order chi connectivity index (χ1) is 15.2. The van der Waals surface area contributed by atoms with E-state index in [1.165, 1.54) is 22.9 Å². The summed E-state index contributed by atoms with van der Waals surface area (Å²) in [5.41, 5.74) is 1.44. The highest BCUT2D eigenvalue weighted by Gasteiger charge is 2.33. The molecule has 2 aromatic heterocycles. The molecule has 2 heterocycles. The Balaban J connectivity index is 1.80. The van der Waals surface area contributed by atoms with Gasteiger partial charge in [0.1, 0.15) is 10.9 Å². The highest BCUT2D eigenvalue weighted by molar-refractivity contribution is 7.18.